The highest BCUT2D eigenvalue weighted by Gasteiger charge is 2.30. The van der Waals surface area contributed by atoms with Crippen LogP contribution in [0.3, 0.4) is 0 Å². The summed E-state index contributed by atoms with van der Waals surface area (Å²) in [7, 11) is 0. The Bertz CT molecular complexity index is 211. The number of aliphatic hydroxyl groups is 1. The molecule has 0 aliphatic carbocycles. The first-order chi connectivity index (χ1) is 6.44. The molecule has 0 aromatic rings. The molecule has 0 radical (unpaired) electrons. The van der Waals surface area contributed by atoms with Crippen LogP contribution in [0.2, 0.25) is 0 Å². The lowest BCUT2D eigenvalue weighted by atomic mass is 10.0. The zero-order valence-corrected chi connectivity index (χ0v) is 8.99. The summed E-state index contributed by atoms with van der Waals surface area (Å²) in [5.41, 5.74) is 5.32. The maximum atomic E-state index is 11.8. The van der Waals surface area contributed by atoms with Gasteiger partial charge in [-0.3, -0.25) is 4.79 Å². The molecule has 3 N–H and O–H groups in total. The smallest absolute Gasteiger partial charge is 0.224 e. The maximum Gasteiger partial charge on any atom is 0.224 e. The van der Waals surface area contributed by atoms with Gasteiger partial charge >= 0.3 is 0 Å². The number of rotatable bonds is 3. The SMILES string of the molecule is CC(C)(N)CC(=O)N1CCCC1CO. The van der Waals surface area contributed by atoms with E-state index in [4.69, 9.17) is 10.8 Å². The maximum absolute atomic E-state index is 11.8. The van der Waals surface area contributed by atoms with Crippen molar-refractivity contribution >= 4 is 5.91 Å². The number of hydrogen-bond acceptors (Lipinski definition) is 3. The highest BCUT2D eigenvalue weighted by molar-refractivity contribution is 5.78. The Balaban J connectivity index is 2.52. The van der Waals surface area contributed by atoms with Crippen LogP contribution in [0, 0.1) is 0 Å². The number of amides is 1. The van der Waals surface area contributed by atoms with Crippen LogP contribution in [0.25, 0.3) is 0 Å². The topological polar surface area (TPSA) is 66.6 Å². The van der Waals surface area contributed by atoms with Crippen molar-refractivity contribution in [1.29, 1.82) is 0 Å². The molecule has 82 valence electrons. The molecule has 1 rings (SSSR count). The van der Waals surface area contributed by atoms with Crippen molar-refractivity contribution in [3.05, 3.63) is 0 Å². The summed E-state index contributed by atoms with van der Waals surface area (Å²) in [6.07, 6.45) is 2.25. The number of nitrogens with zero attached hydrogens (tertiary/aromatic N) is 1. The first-order valence-corrected chi connectivity index (χ1v) is 5.13. The summed E-state index contributed by atoms with van der Waals surface area (Å²) >= 11 is 0. The highest BCUT2D eigenvalue weighted by Crippen LogP contribution is 2.19. The number of hydrogen-bond donors (Lipinski definition) is 2. The molecule has 0 saturated carbocycles. The van der Waals surface area contributed by atoms with Gasteiger partial charge in [-0.05, 0) is 26.7 Å². The summed E-state index contributed by atoms with van der Waals surface area (Å²) in [6, 6.07) is 0.0184. The van der Waals surface area contributed by atoms with E-state index in [-0.39, 0.29) is 18.6 Å². The van der Waals surface area contributed by atoms with Gasteiger partial charge in [-0.2, -0.15) is 0 Å². The zero-order chi connectivity index (χ0) is 10.8. The Labute approximate surface area is 85.1 Å². The minimum absolute atomic E-state index is 0.0184. The third-order valence-corrected chi connectivity index (χ3v) is 2.52. The van der Waals surface area contributed by atoms with E-state index in [2.05, 4.69) is 0 Å². The van der Waals surface area contributed by atoms with Crippen LogP contribution in [-0.4, -0.2) is 40.6 Å². The third kappa shape index (κ3) is 2.96. The molecule has 0 spiro atoms. The van der Waals surface area contributed by atoms with Crippen LogP contribution < -0.4 is 5.73 Å². The van der Waals surface area contributed by atoms with Gasteiger partial charge in [-0.25, -0.2) is 0 Å². The standard InChI is InChI=1S/C10H20N2O2/c1-10(2,11)6-9(14)12-5-3-4-8(12)7-13/h8,13H,3-7,11H2,1-2H3. The van der Waals surface area contributed by atoms with E-state index in [1.54, 1.807) is 4.90 Å². The average Bonchev–Trinajstić information content (AvgIpc) is 2.47. The van der Waals surface area contributed by atoms with Crippen molar-refractivity contribution in [3.8, 4) is 0 Å². The van der Waals surface area contributed by atoms with E-state index in [9.17, 15) is 4.79 Å². The Hall–Kier alpha value is -0.610. The van der Waals surface area contributed by atoms with E-state index in [0.29, 0.717) is 6.42 Å². The van der Waals surface area contributed by atoms with Crippen molar-refractivity contribution in [1.82, 2.24) is 4.90 Å². The molecule has 1 atom stereocenters. The summed E-state index contributed by atoms with van der Waals surface area (Å²) < 4.78 is 0. The fourth-order valence-corrected chi connectivity index (χ4v) is 1.85. The van der Waals surface area contributed by atoms with Crippen LogP contribution in [0.1, 0.15) is 33.1 Å². The van der Waals surface area contributed by atoms with Crippen LogP contribution in [0.5, 0.6) is 0 Å². The zero-order valence-electron chi connectivity index (χ0n) is 8.99. The van der Waals surface area contributed by atoms with Crippen molar-refractivity contribution < 1.29 is 9.90 Å². The summed E-state index contributed by atoms with van der Waals surface area (Å²) in [6.45, 7) is 4.51. The Morgan fingerprint density at radius 1 is 1.64 bits per heavy atom. The lowest BCUT2D eigenvalue weighted by molar-refractivity contribution is -0.133. The molecular weight excluding hydrogens is 180 g/mol. The van der Waals surface area contributed by atoms with Crippen LogP contribution >= 0.6 is 0 Å². The van der Waals surface area contributed by atoms with Gasteiger partial charge in [0.05, 0.1) is 12.6 Å². The minimum Gasteiger partial charge on any atom is -0.394 e. The first kappa shape index (κ1) is 11.5. The van der Waals surface area contributed by atoms with E-state index >= 15 is 0 Å². The lowest BCUT2D eigenvalue weighted by Gasteiger charge is -2.27. The summed E-state index contributed by atoms with van der Waals surface area (Å²) in [5.74, 6) is 0.0639. The van der Waals surface area contributed by atoms with Crippen LogP contribution in [0.4, 0.5) is 0 Å². The molecule has 4 nitrogen and oxygen atoms in total. The number of likely N-dealkylation sites (tertiary alicyclic amines) is 1. The van der Waals surface area contributed by atoms with E-state index in [1.165, 1.54) is 0 Å². The fraction of sp³-hybridized carbons (Fsp3) is 0.900. The number of aliphatic hydroxyl groups excluding tert-OH is 1. The van der Waals surface area contributed by atoms with Crippen LogP contribution in [-0.2, 0) is 4.79 Å². The first-order valence-electron chi connectivity index (χ1n) is 5.13. The molecule has 14 heavy (non-hydrogen) atoms. The monoisotopic (exact) mass is 200 g/mol. The summed E-state index contributed by atoms with van der Waals surface area (Å²) in [5, 5.41) is 9.06. The van der Waals surface area contributed by atoms with Gasteiger partial charge < -0.3 is 15.7 Å². The quantitative estimate of drug-likeness (QED) is 0.679. The van der Waals surface area contributed by atoms with Gasteiger partial charge in [0.25, 0.3) is 0 Å². The normalized spacial score (nSPS) is 22.9. The number of carbonyl (C=O) groups excluding carboxylic acids is 1. The van der Waals surface area contributed by atoms with E-state index in [1.807, 2.05) is 13.8 Å². The van der Waals surface area contributed by atoms with Crippen LogP contribution in [0.15, 0.2) is 0 Å². The molecule has 1 heterocycles. The molecule has 1 aliphatic rings. The number of carbonyl (C=O) groups is 1. The summed E-state index contributed by atoms with van der Waals surface area (Å²) in [4.78, 5) is 13.5. The molecule has 1 fully saturated rings. The van der Waals surface area contributed by atoms with E-state index < -0.39 is 5.54 Å². The van der Waals surface area contributed by atoms with Gasteiger partial charge in [0.15, 0.2) is 0 Å². The molecular formula is C10H20N2O2. The molecule has 1 unspecified atom stereocenters. The molecule has 0 aromatic carbocycles. The van der Waals surface area contributed by atoms with Crippen molar-refractivity contribution in [3.63, 3.8) is 0 Å². The predicted octanol–water partition coefficient (Wildman–Crippen LogP) is 0.0971. The largest absolute Gasteiger partial charge is 0.394 e. The Morgan fingerprint density at radius 2 is 2.29 bits per heavy atom. The second-order valence-corrected chi connectivity index (χ2v) is 4.73. The average molecular weight is 200 g/mol. The minimum atomic E-state index is -0.459. The lowest BCUT2D eigenvalue weighted by Crippen LogP contribution is -2.44. The molecule has 4 heteroatoms. The van der Waals surface area contributed by atoms with Gasteiger partial charge in [-0.15, -0.1) is 0 Å². The van der Waals surface area contributed by atoms with Gasteiger partial charge in [-0.1, -0.05) is 0 Å². The van der Waals surface area contributed by atoms with Gasteiger partial charge in [0.1, 0.15) is 0 Å². The highest BCUT2D eigenvalue weighted by atomic mass is 16.3. The molecule has 0 bridgehead atoms. The molecule has 1 saturated heterocycles. The van der Waals surface area contributed by atoms with Crippen molar-refractivity contribution in [2.75, 3.05) is 13.2 Å². The Morgan fingerprint density at radius 3 is 2.79 bits per heavy atom. The molecule has 1 aliphatic heterocycles. The van der Waals surface area contributed by atoms with E-state index in [0.717, 1.165) is 19.4 Å². The molecule has 0 aromatic heterocycles. The van der Waals surface area contributed by atoms with Gasteiger partial charge in [0, 0.05) is 18.5 Å². The van der Waals surface area contributed by atoms with Crippen molar-refractivity contribution in [2.45, 2.75) is 44.7 Å². The Kier molecular flexibility index (Phi) is 3.50. The van der Waals surface area contributed by atoms with Gasteiger partial charge in [0.2, 0.25) is 5.91 Å². The predicted molar refractivity (Wildman–Crippen MR) is 54.7 cm³/mol. The number of nitrogens with two attached hydrogens (primary N) is 1. The second kappa shape index (κ2) is 4.28. The molecule has 1 amide bonds. The second-order valence-electron chi connectivity index (χ2n) is 4.73. The third-order valence-electron chi connectivity index (χ3n) is 2.52. The fourth-order valence-electron chi connectivity index (χ4n) is 1.85. The van der Waals surface area contributed by atoms with Crippen molar-refractivity contribution in [2.24, 2.45) is 5.73 Å².